The van der Waals surface area contributed by atoms with E-state index in [1.54, 1.807) is 4.90 Å². The minimum atomic E-state index is -0.381. The van der Waals surface area contributed by atoms with E-state index in [1.165, 1.54) is 0 Å². The van der Waals surface area contributed by atoms with Gasteiger partial charge in [0.25, 0.3) is 5.91 Å². The molecule has 2 aliphatic rings. The average molecular weight is 227 g/mol. The van der Waals surface area contributed by atoms with Gasteiger partial charge in [-0.05, 0) is 0 Å². The third-order valence-electron chi connectivity index (χ3n) is 3.20. The van der Waals surface area contributed by atoms with Crippen molar-refractivity contribution < 1.29 is 10.0 Å². The molecular weight excluding hydrogens is 210 g/mol. The number of nitrogens with one attached hydrogen (secondary N) is 1. The smallest absolute Gasteiger partial charge is 0.292 e. The van der Waals surface area contributed by atoms with Gasteiger partial charge in [0.15, 0.2) is 0 Å². The third-order valence-corrected chi connectivity index (χ3v) is 3.20. The van der Waals surface area contributed by atoms with Crippen molar-refractivity contribution in [2.75, 3.05) is 39.3 Å². The van der Waals surface area contributed by atoms with Crippen LogP contribution in [-0.4, -0.2) is 72.1 Å². The number of rotatable bonds is 1. The summed E-state index contributed by atoms with van der Waals surface area (Å²) in [7, 11) is 0. The Morgan fingerprint density at radius 3 is 2.38 bits per heavy atom. The molecule has 0 aromatic carbocycles. The lowest BCUT2D eigenvalue weighted by Crippen LogP contribution is -2.62. The van der Waals surface area contributed by atoms with Crippen molar-refractivity contribution in [3.8, 4) is 0 Å². The van der Waals surface area contributed by atoms with E-state index in [4.69, 9.17) is 10.9 Å². The normalized spacial score (nSPS) is 24.2. The number of amidine groups is 1. The Bertz CT molecular complexity index is 294. The maximum Gasteiger partial charge on any atom is 0.292 e. The van der Waals surface area contributed by atoms with Gasteiger partial charge >= 0.3 is 0 Å². The Kier molecular flexibility index (Phi) is 3.25. The summed E-state index contributed by atoms with van der Waals surface area (Å²) in [6, 6.07) is 0.612. The second-order valence-corrected chi connectivity index (χ2v) is 4.13. The summed E-state index contributed by atoms with van der Waals surface area (Å²) in [5, 5.41) is 14.4. The van der Waals surface area contributed by atoms with Gasteiger partial charge in [0.05, 0.1) is 0 Å². The van der Waals surface area contributed by atoms with Gasteiger partial charge in [-0.25, -0.2) is 0 Å². The monoisotopic (exact) mass is 227 g/mol. The number of hydrogen-bond acceptors (Lipinski definition) is 5. The SMILES string of the molecule is N/C(=N/O)C(=O)N1CCN(C2CNC2)CC1. The quantitative estimate of drug-likeness (QED) is 0.205. The molecule has 0 radical (unpaired) electrons. The van der Waals surface area contributed by atoms with Gasteiger partial charge in [-0.3, -0.25) is 9.69 Å². The fourth-order valence-corrected chi connectivity index (χ4v) is 2.03. The highest BCUT2D eigenvalue weighted by Crippen LogP contribution is 2.09. The zero-order valence-electron chi connectivity index (χ0n) is 9.09. The zero-order valence-corrected chi connectivity index (χ0v) is 9.09. The van der Waals surface area contributed by atoms with Crippen molar-refractivity contribution in [3.63, 3.8) is 0 Å². The molecule has 7 heteroatoms. The van der Waals surface area contributed by atoms with E-state index >= 15 is 0 Å². The van der Waals surface area contributed by atoms with Crippen LogP contribution in [0.25, 0.3) is 0 Å². The molecule has 2 aliphatic heterocycles. The molecule has 0 bridgehead atoms. The molecule has 2 heterocycles. The van der Waals surface area contributed by atoms with Gasteiger partial charge in [0.1, 0.15) is 0 Å². The number of nitrogens with zero attached hydrogens (tertiary/aromatic N) is 3. The lowest BCUT2D eigenvalue weighted by atomic mass is 10.1. The second kappa shape index (κ2) is 4.67. The molecule has 2 rings (SSSR count). The van der Waals surface area contributed by atoms with E-state index in [2.05, 4.69) is 15.4 Å². The number of oxime groups is 1. The molecule has 2 saturated heterocycles. The van der Waals surface area contributed by atoms with Crippen molar-refractivity contribution >= 4 is 11.7 Å². The van der Waals surface area contributed by atoms with Crippen molar-refractivity contribution in [2.45, 2.75) is 6.04 Å². The molecule has 0 spiro atoms. The van der Waals surface area contributed by atoms with Crippen LogP contribution in [0.3, 0.4) is 0 Å². The molecular formula is C9H17N5O2. The van der Waals surface area contributed by atoms with Crippen LogP contribution in [0.15, 0.2) is 5.16 Å². The number of hydrogen-bond donors (Lipinski definition) is 3. The van der Waals surface area contributed by atoms with E-state index in [9.17, 15) is 4.79 Å². The lowest BCUT2D eigenvalue weighted by Gasteiger charge is -2.43. The average Bonchev–Trinajstić information content (AvgIpc) is 2.26. The minimum absolute atomic E-state index is 0.334. The van der Waals surface area contributed by atoms with E-state index < -0.39 is 0 Å². The molecule has 4 N–H and O–H groups in total. The summed E-state index contributed by atoms with van der Waals surface area (Å²) in [5.74, 6) is -0.715. The zero-order chi connectivity index (χ0) is 11.5. The van der Waals surface area contributed by atoms with Crippen LogP contribution >= 0.6 is 0 Å². The van der Waals surface area contributed by atoms with Crippen molar-refractivity contribution in [3.05, 3.63) is 0 Å². The van der Waals surface area contributed by atoms with Gasteiger partial charge in [-0.2, -0.15) is 0 Å². The summed E-state index contributed by atoms with van der Waals surface area (Å²) >= 11 is 0. The van der Waals surface area contributed by atoms with Crippen LogP contribution in [0.2, 0.25) is 0 Å². The predicted octanol–water partition coefficient (Wildman–Crippen LogP) is -2.15. The second-order valence-electron chi connectivity index (χ2n) is 4.13. The number of nitrogens with two attached hydrogens (primary N) is 1. The van der Waals surface area contributed by atoms with Gasteiger partial charge in [-0.15, -0.1) is 0 Å². The van der Waals surface area contributed by atoms with E-state index in [0.29, 0.717) is 19.1 Å². The Morgan fingerprint density at radius 1 is 1.31 bits per heavy atom. The minimum Gasteiger partial charge on any atom is -0.409 e. The first kappa shape index (κ1) is 11.2. The first-order valence-electron chi connectivity index (χ1n) is 5.44. The Balaban J connectivity index is 1.82. The van der Waals surface area contributed by atoms with Crippen molar-refractivity contribution in [2.24, 2.45) is 10.9 Å². The molecule has 0 aromatic rings. The molecule has 0 saturated carbocycles. The fraction of sp³-hybridized carbons (Fsp3) is 0.778. The predicted molar refractivity (Wildman–Crippen MR) is 58.2 cm³/mol. The number of piperazine rings is 1. The molecule has 16 heavy (non-hydrogen) atoms. The van der Waals surface area contributed by atoms with Crippen LogP contribution in [-0.2, 0) is 4.79 Å². The number of carbonyl (C=O) groups is 1. The molecule has 2 fully saturated rings. The van der Waals surface area contributed by atoms with Crippen LogP contribution in [0.4, 0.5) is 0 Å². The van der Waals surface area contributed by atoms with Gasteiger partial charge in [0.2, 0.25) is 5.84 Å². The van der Waals surface area contributed by atoms with Gasteiger partial charge in [0, 0.05) is 45.3 Å². The van der Waals surface area contributed by atoms with E-state index in [-0.39, 0.29) is 11.7 Å². The van der Waals surface area contributed by atoms with E-state index in [1.807, 2.05) is 0 Å². The molecule has 0 atom stereocenters. The largest absolute Gasteiger partial charge is 0.409 e. The molecule has 1 amide bonds. The number of amides is 1. The first-order valence-corrected chi connectivity index (χ1v) is 5.44. The number of carbonyl (C=O) groups excluding carboxylic acids is 1. The molecule has 7 nitrogen and oxygen atoms in total. The van der Waals surface area contributed by atoms with Crippen molar-refractivity contribution in [1.29, 1.82) is 0 Å². The van der Waals surface area contributed by atoms with E-state index in [0.717, 1.165) is 26.2 Å². The maximum absolute atomic E-state index is 11.6. The summed E-state index contributed by atoms with van der Waals surface area (Å²) in [5.41, 5.74) is 5.26. The first-order chi connectivity index (χ1) is 7.72. The standard InChI is InChI=1S/C9H17N5O2/c10-8(12-16)9(15)14-3-1-13(2-4-14)7-5-11-6-7/h7,11,16H,1-6H2,(H2,10,12). The summed E-state index contributed by atoms with van der Waals surface area (Å²) in [6.07, 6.45) is 0. The fourth-order valence-electron chi connectivity index (χ4n) is 2.03. The maximum atomic E-state index is 11.6. The van der Waals surface area contributed by atoms with Crippen molar-refractivity contribution in [1.82, 2.24) is 15.1 Å². The van der Waals surface area contributed by atoms with Crippen LogP contribution in [0.1, 0.15) is 0 Å². The third kappa shape index (κ3) is 2.10. The topological polar surface area (TPSA) is 94.2 Å². The lowest BCUT2D eigenvalue weighted by molar-refractivity contribution is -0.126. The molecule has 90 valence electrons. The summed E-state index contributed by atoms with van der Waals surface area (Å²) < 4.78 is 0. The van der Waals surface area contributed by atoms with Gasteiger partial charge in [-0.1, -0.05) is 5.16 Å². The highest BCUT2D eigenvalue weighted by Gasteiger charge is 2.29. The Morgan fingerprint density at radius 2 is 1.94 bits per heavy atom. The van der Waals surface area contributed by atoms with Crippen LogP contribution in [0.5, 0.6) is 0 Å². The van der Waals surface area contributed by atoms with Crippen LogP contribution < -0.4 is 11.1 Å². The Hall–Kier alpha value is -1.34. The van der Waals surface area contributed by atoms with Crippen LogP contribution in [0, 0.1) is 0 Å². The van der Waals surface area contributed by atoms with Gasteiger partial charge < -0.3 is 21.2 Å². The molecule has 0 aromatic heterocycles. The Labute approximate surface area is 93.9 Å². The highest BCUT2D eigenvalue weighted by atomic mass is 16.4. The summed E-state index contributed by atoms with van der Waals surface area (Å²) in [6.45, 7) is 5.08. The summed E-state index contributed by atoms with van der Waals surface area (Å²) in [4.78, 5) is 15.6. The molecule has 0 aliphatic carbocycles. The highest BCUT2D eigenvalue weighted by molar-refractivity contribution is 6.36. The molecule has 0 unspecified atom stereocenters.